The van der Waals surface area contributed by atoms with Crippen molar-refractivity contribution in [1.82, 2.24) is 0 Å². The van der Waals surface area contributed by atoms with Gasteiger partial charge in [-0.15, -0.1) is 0 Å². The third-order valence-corrected chi connectivity index (χ3v) is 2.94. The molecule has 0 radical (unpaired) electrons. The van der Waals surface area contributed by atoms with Crippen LogP contribution in [0.2, 0.25) is 0 Å². The Morgan fingerprint density at radius 1 is 1.29 bits per heavy atom. The zero-order valence-electron chi connectivity index (χ0n) is 10.1. The van der Waals surface area contributed by atoms with E-state index in [-0.39, 0.29) is 11.8 Å². The average Bonchev–Trinajstić information content (AvgIpc) is 2.11. The molecule has 0 aliphatic heterocycles. The maximum Gasteiger partial charge on any atom is 0.136 e. The quantitative estimate of drug-likeness (QED) is 0.706. The van der Waals surface area contributed by atoms with Crippen molar-refractivity contribution in [2.75, 3.05) is 0 Å². The Labute approximate surface area is 87.7 Å². The van der Waals surface area contributed by atoms with E-state index in [1.54, 1.807) is 13.8 Å². The van der Waals surface area contributed by atoms with Crippen LogP contribution in [0.3, 0.4) is 0 Å². The Hall–Kier alpha value is -0.370. The van der Waals surface area contributed by atoms with Crippen molar-refractivity contribution >= 4 is 5.78 Å². The third kappa shape index (κ3) is 3.79. The lowest BCUT2D eigenvalue weighted by molar-refractivity contribution is -0.129. The van der Waals surface area contributed by atoms with Crippen LogP contribution in [-0.2, 0) is 4.79 Å². The van der Waals surface area contributed by atoms with E-state index in [4.69, 9.17) is 0 Å². The van der Waals surface area contributed by atoms with Crippen molar-refractivity contribution in [3.8, 4) is 0 Å². The summed E-state index contributed by atoms with van der Waals surface area (Å²) >= 11 is 0. The molecule has 1 fully saturated rings. The summed E-state index contributed by atoms with van der Waals surface area (Å²) in [6.45, 7) is 9.56. The molecule has 14 heavy (non-hydrogen) atoms. The van der Waals surface area contributed by atoms with Gasteiger partial charge in [-0.3, -0.25) is 4.79 Å². The normalized spacial score (nSPS) is 28.0. The van der Waals surface area contributed by atoms with Crippen molar-refractivity contribution in [3.05, 3.63) is 0 Å². The Morgan fingerprint density at radius 2 is 1.79 bits per heavy atom. The smallest absolute Gasteiger partial charge is 0.136 e. The molecule has 1 saturated carbocycles. The minimum absolute atomic E-state index is 0.168. The van der Waals surface area contributed by atoms with E-state index in [2.05, 4.69) is 0 Å². The Kier molecular flexibility index (Phi) is 5.35. The second-order valence-corrected chi connectivity index (χ2v) is 4.50. The monoisotopic (exact) mass is 200 g/mol. The molecule has 1 aliphatic rings. The van der Waals surface area contributed by atoms with E-state index >= 15 is 0 Å². The molecule has 2 nitrogen and oxygen atoms in total. The second-order valence-electron chi connectivity index (χ2n) is 4.50. The van der Waals surface area contributed by atoms with Crippen LogP contribution in [0.1, 0.15) is 53.9 Å². The van der Waals surface area contributed by atoms with Gasteiger partial charge >= 0.3 is 0 Å². The lowest BCUT2D eigenvalue weighted by Crippen LogP contribution is -2.37. The van der Waals surface area contributed by atoms with Crippen LogP contribution in [0.25, 0.3) is 0 Å². The van der Waals surface area contributed by atoms with Gasteiger partial charge in [0.2, 0.25) is 0 Å². The Balaban J connectivity index is 0.000000791. The summed E-state index contributed by atoms with van der Waals surface area (Å²) in [5.41, 5.74) is -0.685. The first-order valence-corrected chi connectivity index (χ1v) is 5.66. The van der Waals surface area contributed by atoms with E-state index < -0.39 is 5.60 Å². The van der Waals surface area contributed by atoms with Crippen LogP contribution in [0.15, 0.2) is 0 Å². The first-order valence-electron chi connectivity index (χ1n) is 5.66. The lowest BCUT2D eigenvalue weighted by Gasteiger charge is -2.33. The first-order chi connectivity index (χ1) is 6.41. The Morgan fingerprint density at radius 3 is 2.14 bits per heavy atom. The molecule has 0 aromatic rings. The fraction of sp³-hybridized carbons (Fsp3) is 0.917. The number of aliphatic hydroxyl groups is 1. The van der Waals surface area contributed by atoms with E-state index in [1.807, 2.05) is 20.8 Å². The minimum atomic E-state index is -0.685. The lowest BCUT2D eigenvalue weighted by atomic mass is 9.75. The minimum Gasteiger partial charge on any atom is -0.390 e. The molecule has 1 aliphatic carbocycles. The summed E-state index contributed by atoms with van der Waals surface area (Å²) in [6, 6.07) is 0. The molecule has 1 rings (SSSR count). The number of carbonyl (C=O) groups excluding carboxylic acids is 1. The van der Waals surface area contributed by atoms with Gasteiger partial charge in [-0.2, -0.15) is 0 Å². The highest BCUT2D eigenvalue weighted by Crippen LogP contribution is 2.32. The summed E-state index contributed by atoms with van der Waals surface area (Å²) < 4.78 is 0. The standard InChI is InChI=1S/C10H18O2.C2H6/c1-7-4-5-8(6-9(7)11)10(2,3)12;1-2/h7-8,12H,4-6H2,1-3H3;1-2H3. The molecule has 0 bridgehead atoms. The summed E-state index contributed by atoms with van der Waals surface area (Å²) in [5, 5.41) is 9.69. The van der Waals surface area contributed by atoms with Gasteiger partial charge in [0, 0.05) is 12.3 Å². The van der Waals surface area contributed by atoms with Gasteiger partial charge in [0.05, 0.1) is 5.60 Å². The van der Waals surface area contributed by atoms with Gasteiger partial charge in [0.1, 0.15) is 5.78 Å². The van der Waals surface area contributed by atoms with E-state index in [0.29, 0.717) is 12.2 Å². The average molecular weight is 200 g/mol. The van der Waals surface area contributed by atoms with Crippen LogP contribution in [-0.4, -0.2) is 16.5 Å². The summed E-state index contributed by atoms with van der Waals surface area (Å²) in [7, 11) is 0. The fourth-order valence-corrected chi connectivity index (χ4v) is 1.76. The molecule has 0 heterocycles. The molecule has 2 heteroatoms. The molecular weight excluding hydrogens is 176 g/mol. The molecule has 2 unspecified atom stereocenters. The predicted molar refractivity (Wildman–Crippen MR) is 59.2 cm³/mol. The van der Waals surface area contributed by atoms with Gasteiger partial charge in [-0.25, -0.2) is 0 Å². The number of carbonyl (C=O) groups is 1. The third-order valence-electron chi connectivity index (χ3n) is 2.94. The van der Waals surface area contributed by atoms with Crippen molar-refractivity contribution in [3.63, 3.8) is 0 Å². The number of Topliss-reactive ketones (excluding diaryl/α,β-unsaturated/α-hetero) is 1. The second kappa shape index (κ2) is 5.50. The summed E-state index contributed by atoms with van der Waals surface area (Å²) in [5.74, 6) is 0.693. The number of ketones is 1. The van der Waals surface area contributed by atoms with Crippen LogP contribution < -0.4 is 0 Å². The van der Waals surface area contributed by atoms with Crippen LogP contribution in [0.5, 0.6) is 0 Å². The maximum atomic E-state index is 11.3. The Bertz CT molecular complexity index is 179. The van der Waals surface area contributed by atoms with Crippen molar-refractivity contribution in [2.45, 2.75) is 59.5 Å². The molecule has 0 amide bonds. The van der Waals surface area contributed by atoms with E-state index in [0.717, 1.165) is 12.8 Å². The van der Waals surface area contributed by atoms with Gasteiger partial charge in [-0.1, -0.05) is 20.8 Å². The largest absolute Gasteiger partial charge is 0.390 e. The van der Waals surface area contributed by atoms with E-state index in [1.165, 1.54) is 0 Å². The van der Waals surface area contributed by atoms with Gasteiger partial charge in [-0.05, 0) is 32.6 Å². The zero-order chi connectivity index (χ0) is 11.4. The highest BCUT2D eigenvalue weighted by molar-refractivity contribution is 5.81. The van der Waals surface area contributed by atoms with Crippen LogP contribution >= 0.6 is 0 Å². The molecular formula is C12H24O2. The molecule has 1 N–H and O–H groups in total. The van der Waals surface area contributed by atoms with Gasteiger partial charge in [0.25, 0.3) is 0 Å². The highest BCUT2D eigenvalue weighted by Gasteiger charge is 2.34. The summed E-state index contributed by atoms with van der Waals surface area (Å²) in [4.78, 5) is 11.3. The van der Waals surface area contributed by atoms with Gasteiger partial charge < -0.3 is 5.11 Å². The van der Waals surface area contributed by atoms with Crippen LogP contribution in [0, 0.1) is 11.8 Å². The molecule has 0 aromatic carbocycles. The van der Waals surface area contributed by atoms with Gasteiger partial charge in [0.15, 0.2) is 0 Å². The number of rotatable bonds is 1. The zero-order valence-corrected chi connectivity index (χ0v) is 10.1. The van der Waals surface area contributed by atoms with Crippen molar-refractivity contribution in [2.24, 2.45) is 11.8 Å². The maximum absolute atomic E-state index is 11.3. The molecule has 0 spiro atoms. The van der Waals surface area contributed by atoms with Crippen molar-refractivity contribution in [1.29, 1.82) is 0 Å². The predicted octanol–water partition coefficient (Wildman–Crippen LogP) is 2.79. The number of hydrogen-bond acceptors (Lipinski definition) is 2. The topological polar surface area (TPSA) is 37.3 Å². The molecule has 84 valence electrons. The number of hydrogen-bond donors (Lipinski definition) is 1. The fourth-order valence-electron chi connectivity index (χ4n) is 1.76. The first kappa shape index (κ1) is 13.6. The van der Waals surface area contributed by atoms with E-state index in [9.17, 15) is 9.90 Å². The molecule has 0 saturated heterocycles. The summed E-state index contributed by atoms with van der Waals surface area (Å²) in [6.07, 6.45) is 2.48. The molecule has 2 atom stereocenters. The molecule has 0 aromatic heterocycles. The highest BCUT2D eigenvalue weighted by atomic mass is 16.3. The van der Waals surface area contributed by atoms with Crippen LogP contribution in [0.4, 0.5) is 0 Å². The van der Waals surface area contributed by atoms with Crippen molar-refractivity contribution < 1.29 is 9.90 Å². The SMILES string of the molecule is CC.CC1CCC(C(C)(C)O)CC1=O.